The molecule has 0 radical (unpaired) electrons. The molecule has 0 saturated carbocycles. The van der Waals surface area contributed by atoms with E-state index in [0.29, 0.717) is 0 Å². The molecular formula is C15H18BrNOS. The Bertz CT molecular complexity index is 553. The molecule has 0 fully saturated rings. The fourth-order valence-electron chi connectivity index (χ4n) is 2.05. The molecule has 1 atom stereocenters. The lowest BCUT2D eigenvalue weighted by atomic mass is 10.0. The van der Waals surface area contributed by atoms with Gasteiger partial charge in [0.25, 0.3) is 0 Å². The molecule has 0 spiro atoms. The van der Waals surface area contributed by atoms with Gasteiger partial charge in [-0.15, -0.1) is 11.3 Å². The quantitative estimate of drug-likeness (QED) is 0.864. The van der Waals surface area contributed by atoms with E-state index in [1.165, 1.54) is 15.3 Å². The summed E-state index contributed by atoms with van der Waals surface area (Å²) in [5, 5.41) is 3.55. The van der Waals surface area contributed by atoms with Crippen LogP contribution in [0.3, 0.4) is 0 Å². The largest absolute Gasteiger partial charge is 0.497 e. The Morgan fingerprint density at radius 3 is 2.68 bits per heavy atom. The Labute approximate surface area is 126 Å². The molecule has 1 unspecified atom stereocenters. The average Bonchev–Trinajstić information content (AvgIpc) is 2.83. The summed E-state index contributed by atoms with van der Waals surface area (Å²) in [6.45, 7) is 5.19. The summed E-state index contributed by atoms with van der Waals surface area (Å²) >= 11 is 5.47. The summed E-state index contributed by atoms with van der Waals surface area (Å²) in [4.78, 5) is 2.66. The first kappa shape index (κ1) is 14.6. The highest BCUT2D eigenvalue weighted by molar-refractivity contribution is 9.10. The van der Waals surface area contributed by atoms with E-state index in [4.69, 9.17) is 4.74 Å². The lowest BCUT2D eigenvalue weighted by molar-refractivity contribution is 0.413. The molecule has 2 aromatic rings. The van der Waals surface area contributed by atoms with Gasteiger partial charge in [-0.2, -0.15) is 0 Å². The van der Waals surface area contributed by atoms with Crippen LogP contribution in [0.1, 0.15) is 28.3 Å². The van der Waals surface area contributed by atoms with Crippen LogP contribution in [0.4, 0.5) is 0 Å². The fourth-order valence-corrected chi connectivity index (χ4v) is 3.49. The highest BCUT2D eigenvalue weighted by Crippen LogP contribution is 2.34. The molecule has 1 aromatic heterocycles. The number of halogens is 1. The smallest absolute Gasteiger partial charge is 0.119 e. The van der Waals surface area contributed by atoms with E-state index in [-0.39, 0.29) is 6.04 Å². The monoisotopic (exact) mass is 339 g/mol. The lowest BCUT2D eigenvalue weighted by Crippen LogP contribution is -2.21. The first-order valence-corrected chi connectivity index (χ1v) is 7.89. The van der Waals surface area contributed by atoms with Crippen molar-refractivity contribution in [1.29, 1.82) is 0 Å². The minimum Gasteiger partial charge on any atom is -0.497 e. The zero-order chi connectivity index (χ0) is 13.8. The van der Waals surface area contributed by atoms with E-state index >= 15 is 0 Å². The Morgan fingerprint density at radius 2 is 2.11 bits per heavy atom. The van der Waals surface area contributed by atoms with Gasteiger partial charge in [-0.1, -0.05) is 22.9 Å². The molecule has 0 aliphatic rings. The Kier molecular flexibility index (Phi) is 5.02. The third-order valence-electron chi connectivity index (χ3n) is 2.97. The van der Waals surface area contributed by atoms with E-state index in [1.807, 2.05) is 23.5 Å². The highest BCUT2D eigenvalue weighted by atomic mass is 79.9. The average molecular weight is 340 g/mol. The molecule has 0 aliphatic heterocycles. The second-order valence-electron chi connectivity index (χ2n) is 4.33. The van der Waals surface area contributed by atoms with E-state index in [2.05, 4.69) is 53.3 Å². The second kappa shape index (κ2) is 6.55. The van der Waals surface area contributed by atoms with Gasteiger partial charge in [0, 0.05) is 14.2 Å². The van der Waals surface area contributed by atoms with Crippen molar-refractivity contribution in [3.63, 3.8) is 0 Å². The van der Waals surface area contributed by atoms with Gasteiger partial charge in [0.2, 0.25) is 0 Å². The molecule has 1 heterocycles. The Morgan fingerprint density at radius 1 is 1.32 bits per heavy atom. The van der Waals surface area contributed by atoms with Crippen molar-refractivity contribution in [3.8, 4) is 5.75 Å². The van der Waals surface area contributed by atoms with Gasteiger partial charge in [-0.3, -0.25) is 0 Å². The summed E-state index contributed by atoms with van der Waals surface area (Å²) in [5.74, 6) is 0.884. The van der Waals surface area contributed by atoms with Crippen molar-refractivity contribution in [2.45, 2.75) is 19.9 Å². The number of rotatable bonds is 5. The molecular weight excluding hydrogens is 322 g/mol. The zero-order valence-corrected chi connectivity index (χ0v) is 13.8. The number of benzene rings is 1. The first-order valence-electron chi connectivity index (χ1n) is 6.29. The van der Waals surface area contributed by atoms with Gasteiger partial charge in [-0.25, -0.2) is 0 Å². The SMILES string of the molecule is CCNC(c1ccc(C)s1)c1cc(OC)ccc1Br. The van der Waals surface area contributed by atoms with Gasteiger partial charge in [0.05, 0.1) is 13.2 Å². The standard InChI is InChI=1S/C15H18BrNOS/c1-4-17-15(14-8-5-10(2)19-14)12-9-11(18-3)6-7-13(12)16/h5-9,15,17H,4H2,1-3H3. The Balaban J connectivity index is 2.43. The van der Waals surface area contributed by atoms with Crippen molar-refractivity contribution in [3.05, 3.63) is 50.1 Å². The van der Waals surface area contributed by atoms with Crippen LogP contribution in [-0.4, -0.2) is 13.7 Å². The molecule has 1 aromatic carbocycles. The summed E-state index contributed by atoms with van der Waals surface area (Å²) in [6.07, 6.45) is 0. The summed E-state index contributed by atoms with van der Waals surface area (Å²) in [6, 6.07) is 10.7. The predicted molar refractivity (Wildman–Crippen MR) is 85.3 cm³/mol. The number of ether oxygens (including phenoxy) is 1. The summed E-state index contributed by atoms with van der Waals surface area (Å²) in [5.41, 5.74) is 1.21. The normalized spacial score (nSPS) is 12.4. The highest BCUT2D eigenvalue weighted by Gasteiger charge is 2.18. The van der Waals surface area contributed by atoms with Gasteiger partial charge >= 0.3 is 0 Å². The predicted octanol–water partition coefficient (Wildman–Crippen LogP) is 4.53. The number of thiophene rings is 1. The zero-order valence-electron chi connectivity index (χ0n) is 11.4. The van der Waals surface area contributed by atoms with Crippen LogP contribution in [0.5, 0.6) is 5.75 Å². The van der Waals surface area contributed by atoms with Crippen molar-refractivity contribution in [1.82, 2.24) is 5.32 Å². The number of hydrogen-bond acceptors (Lipinski definition) is 3. The maximum atomic E-state index is 5.33. The van der Waals surface area contributed by atoms with Crippen molar-refractivity contribution in [2.24, 2.45) is 0 Å². The van der Waals surface area contributed by atoms with E-state index in [0.717, 1.165) is 16.8 Å². The van der Waals surface area contributed by atoms with Gasteiger partial charge < -0.3 is 10.1 Å². The molecule has 2 nitrogen and oxygen atoms in total. The van der Waals surface area contributed by atoms with Gasteiger partial charge in [0.15, 0.2) is 0 Å². The van der Waals surface area contributed by atoms with E-state index in [1.54, 1.807) is 7.11 Å². The maximum Gasteiger partial charge on any atom is 0.119 e. The fraction of sp³-hybridized carbons (Fsp3) is 0.333. The van der Waals surface area contributed by atoms with Crippen LogP contribution in [0.25, 0.3) is 0 Å². The molecule has 2 rings (SSSR count). The summed E-state index contributed by atoms with van der Waals surface area (Å²) in [7, 11) is 1.70. The van der Waals surface area contributed by atoms with Crippen molar-refractivity contribution < 1.29 is 4.74 Å². The van der Waals surface area contributed by atoms with Crippen molar-refractivity contribution in [2.75, 3.05) is 13.7 Å². The van der Waals surface area contributed by atoms with Crippen LogP contribution in [0, 0.1) is 6.92 Å². The first-order chi connectivity index (χ1) is 9.15. The second-order valence-corrected chi connectivity index (χ2v) is 6.50. The van der Waals surface area contributed by atoms with Crippen LogP contribution in [-0.2, 0) is 0 Å². The van der Waals surface area contributed by atoms with E-state index in [9.17, 15) is 0 Å². The molecule has 0 saturated heterocycles. The third-order valence-corrected chi connectivity index (χ3v) is 4.76. The molecule has 19 heavy (non-hydrogen) atoms. The molecule has 0 amide bonds. The number of methoxy groups -OCH3 is 1. The topological polar surface area (TPSA) is 21.3 Å². The molecule has 0 aliphatic carbocycles. The minimum absolute atomic E-state index is 0.202. The van der Waals surface area contributed by atoms with Crippen LogP contribution >= 0.6 is 27.3 Å². The van der Waals surface area contributed by atoms with Crippen LogP contribution in [0.2, 0.25) is 0 Å². The molecule has 102 valence electrons. The minimum atomic E-state index is 0.202. The molecule has 4 heteroatoms. The Hall–Kier alpha value is -0.840. The van der Waals surface area contributed by atoms with Gasteiger partial charge in [0.1, 0.15) is 5.75 Å². The number of aryl methyl sites for hydroxylation is 1. The lowest BCUT2D eigenvalue weighted by Gasteiger charge is -2.19. The third kappa shape index (κ3) is 3.38. The molecule has 1 N–H and O–H groups in total. The summed E-state index contributed by atoms with van der Waals surface area (Å²) < 4.78 is 6.44. The number of hydrogen-bond donors (Lipinski definition) is 1. The maximum absolute atomic E-state index is 5.33. The van der Waals surface area contributed by atoms with Gasteiger partial charge in [-0.05, 0) is 49.4 Å². The number of nitrogens with one attached hydrogen (secondary N) is 1. The van der Waals surface area contributed by atoms with E-state index < -0.39 is 0 Å². The molecule has 0 bridgehead atoms. The van der Waals surface area contributed by atoms with Crippen LogP contribution < -0.4 is 10.1 Å². The van der Waals surface area contributed by atoms with Crippen molar-refractivity contribution >= 4 is 27.3 Å². The van der Waals surface area contributed by atoms with Crippen LogP contribution in [0.15, 0.2) is 34.8 Å².